The average molecular weight is 303 g/mol. The number of rotatable bonds is 4. The first kappa shape index (κ1) is 16.5. The number of urea groups is 1. The monoisotopic (exact) mass is 303 g/mol. The molecule has 2 N–H and O–H groups in total. The first-order chi connectivity index (χ1) is 10.3. The van der Waals surface area contributed by atoms with Crippen LogP contribution in [0, 0.1) is 12.3 Å². The van der Waals surface area contributed by atoms with Gasteiger partial charge in [-0.2, -0.15) is 0 Å². The van der Waals surface area contributed by atoms with E-state index in [2.05, 4.69) is 50.5 Å². The summed E-state index contributed by atoms with van der Waals surface area (Å²) in [7, 11) is 0. The highest BCUT2D eigenvalue weighted by Crippen LogP contribution is 2.34. The van der Waals surface area contributed by atoms with Crippen LogP contribution in [0.15, 0.2) is 24.3 Å². The van der Waals surface area contributed by atoms with E-state index in [-0.39, 0.29) is 29.9 Å². The van der Waals surface area contributed by atoms with E-state index in [4.69, 9.17) is 0 Å². The molecule has 1 aromatic carbocycles. The minimum atomic E-state index is -0.296. The molecule has 1 aliphatic heterocycles. The molecule has 0 saturated carbocycles. The number of benzene rings is 1. The molecule has 0 aromatic heterocycles. The van der Waals surface area contributed by atoms with E-state index >= 15 is 0 Å². The summed E-state index contributed by atoms with van der Waals surface area (Å²) in [6, 6.07) is 7.94. The molecule has 0 radical (unpaired) electrons. The van der Waals surface area contributed by atoms with Gasteiger partial charge in [0.2, 0.25) is 5.91 Å². The summed E-state index contributed by atoms with van der Waals surface area (Å²) in [6.45, 7) is 9.64. The van der Waals surface area contributed by atoms with Crippen molar-refractivity contribution in [1.29, 1.82) is 0 Å². The summed E-state index contributed by atoms with van der Waals surface area (Å²) >= 11 is 0. The molecule has 1 aromatic rings. The molecule has 5 heteroatoms. The van der Waals surface area contributed by atoms with Gasteiger partial charge in [-0.15, -0.1) is 0 Å². The topological polar surface area (TPSA) is 61.4 Å². The highest BCUT2D eigenvalue weighted by atomic mass is 16.2. The fourth-order valence-electron chi connectivity index (χ4n) is 2.79. The second kappa shape index (κ2) is 6.48. The largest absolute Gasteiger partial charge is 0.336 e. The lowest BCUT2D eigenvalue weighted by molar-refractivity contribution is -0.126. The lowest BCUT2D eigenvalue weighted by Crippen LogP contribution is -2.43. The Hall–Kier alpha value is -1.88. The molecule has 0 bridgehead atoms. The van der Waals surface area contributed by atoms with Gasteiger partial charge in [0.1, 0.15) is 0 Å². The van der Waals surface area contributed by atoms with E-state index in [9.17, 15) is 9.59 Å². The van der Waals surface area contributed by atoms with Crippen molar-refractivity contribution in [2.24, 2.45) is 5.41 Å². The van der Waals surface area contributed by atoms with Gasteiger partial charge in [-0.05, 0) is 23.5 Å². The highest BCUT2D eigenvalue weighted by molar-refractivity contribution is 5.96. The van der Waals surface area contributed by atoms with Crippen LogP contribution in [0.25, 0.3) is 0 Å². The van der Waals surface area contributed by atoms with E-state index in [1.165, 1.54) is 16.0 Å². The highest BCUT2D eigenvalue weighted by Gasteiger charge is 2.30. The summed E-state index contributed by atoms with van der Waals surface area (Å²) in [4.78, 5) is 25.0. The van der Waals surface area contributed by atoms with Crippen molar-refractivity contribution in [3.05, 3.63) is 35.4 Å². The maximum atomic E-state index is 12.2. The number of nitrogens with zero attached hydrogens (tertiary/aromatic N) is 1. The van der Waals surface area contributed by atoms with Crippen LogP contribution in [-0.2, 0) is 4.79 Å². The van der Waals surface area contributed by atoms with Crippen molar-refractivity contribution in [3.63, 3.8) is 0 Å². The fourth-order valence-corrected chi connectivity index (χ4v) is 2.79. The number of aryl methyl sites for hydroxylation is 1. The summed E-state index contributed by atoms with van der Waals surface area (Å²) in [5.74, 6) is -0.183. The van der Waals surface area contributed by atoms with Crippen molar-refractivity contribution >= 4 is 11.9 Å². The Bertz CT molecular complexity index is 563. The Balaban J connectivity index is 2.10. The van der Waals surface area contributed by atoms with Gasteiger partial charge in [0.05, 0.1) is 6.54 Å². The van der Waals surface area contributed by atoms with Crippen LogP contribution in [-0.4, -0.2) is 36.5 Å². The summed E-state index contributed by atoms with van der Waals surface area (Å²) in [5.41, 5.74) is 2.34. The van der Waals surface area contributed by atoms with Crippen LogP contribution in [0.5, 0.6) is 0 Å². The van der Waals surface area contributed by atoms with E-state index in [1.807, 2.05) is 12.1 Å². The summed E-state index contributed by atoms with van der Waals surface area (Å²) in [6.07, 6.45) is 0. The molecule has 0 unspecified atom stereocenters. The average Bonchev–Trinajstić information content (AvgIpc) is 2.85. The number of amides is 3. The number of nitrogens with one attached hydrogen (secondary N) is 2. The number of carbonyl (C=O) groups is 2. The zero-order chi connectivity index (χ0) is 16.3. The molecule has 1 fully saturated rings. The summed E-state index contributed by atoms with van der Waals surface area (Å²) < 4.78 is 0. The molecule has 3 amide bonds. The van der Waals surface area contributed by atoms with Gasteiger partial charge >= 0.3 is 6.03 Å². The second-order valence-electron chi connectivity index (χ2n) is 6.81. The Morgan fingerprint density at radius 3 is 2.59 bits per heavy atom. The maximum Gasteiger partial charge on any atom is 0.324 e. The third-order valence-electron chi connectivity index (χ3n) is 3.98. The molecule has 0 spiro atoms. The zero-order valence-electron chi connectivity index (χ0n) is 13.8. The minimum absolute atomic E-state index is 0.0420. The smallest absolute Gasteiger partial charge is 0.324 e. The molecule has 1 heterocycles. The van der Waals surface area contributed by atoms with Crippen LogP contribution >= 0.6 is 0 Å². The van der Waals surface area contributed by atoms with Gasteiger partial charge in [-0.25, -0.2) is 4.79 Å². The third-order valence-corrected chi connectivity index (χ3v) is 3.98. The number of hydrogen-bond acceptors (Lipinski definition) is 3. The molecular weight excluding hydrogens is 278 g/mol. The molecule has 1 saturated heterocycles. The van der Waals surface area contributed by atoms with E-state index in [1.54, 1.807) is 0 Å². The molecular formula is C17H25N3O2. The quantitative estimate of drug-likeness (QED) is 0.896. The first-order valence-electron chi connectivity index (χ1n) is 7.68. The van der Waals surface area contributed by atoms with Crippen molar-refractivity contribution < 1.29 is 9.59 Å². The van der Waals surface area contributed by atoms with Gasteiger partial charge in [0.25, 0.3) is 0 Å². The van der Waals surface area contributed by atoms with Crippen molar-refractivity contribution in [3.8, 4) is 0 Å². The van der Waals surface area contributed by atoms with Crippen LogP contribution < -0.4 is 10.6 Å². The molecule has 2 rings (SSSR count). The standard InChI is InChI=1S/C17H25N3O2/c1-12-7-5-6-8-13(12)15(17(2,3)4)19-11-14(21)20-10-9-18-16(20)22/h5-8,15,19H,9-11H2,1-4H3,(H,18,22)/t15-/m0/s1. The van der Waals surface area contributed by atoms with Crippen molar-refractivity contribution in [1.82, 2.24) is 15.5 Å². The molecule has 120 valence electrons. The Morgan fingerprint density at radius 2 is 2.05 bits per heavy atom. The minimum Gasteiger partial charge on any atom is -0.336 e. The number of hydrogen-bond donors (Lipinski definition) is 2. The third kappa shape index (κ3) is 3.65. The predicted molar refractivity (Wildman–Crippen MR) is 86.5 cm³/mol. The SMILES string of the molecule is Cc1ccccc1[C@H](NCC(=O)N1CCNC1=O)C(C)(C)C. The number of carbonyl (C=O) groups excluding carboxylic acids is 2. The predicted octanol–water partition coefficient (Wildman–Crippen LogP) is 2.22. The Labute approximate surface area is 132 Å². The van der Waals surface area contributed by atoms with Crippen molar-refractivity contribution in [2.45, 2.75) is 33.7 Å². The second-order valence-corrected chi connectivity index (χ2v) is 6.81. The zero-order valence-corrected chi connectivity index (χ0v) is 13.8. The molecule has 1 atom stereocenters. The van der Waals surface area contributed by atoms with E-state index in [0.29, 0.717) is 13.1 Å². The van der Waals surface area contributed by atoms with E-state index < -0.39 is 0 Å². The number of imide groups is 1. The van der Waals surface area contributed by atoms with Crippen molar-refractivity contribution in [2.75, 3.05) is 19.6 Å². The van der Waals surface area contributed by atoms with Gasteiger partial charge in [-0.3, -0.25) is 9.69 Å². The van der Waals surface area contributed by atoms with Gasteiger partial charge < -0.3 is 10.6 Å². The van der Waals surface area contributed by atoms with Crippen LogP contribution in [0.4, 0.5) is 4.79 Å². The van der Waals surface area contributed by atoms with Crippen LogP contribution in [0.3, 0.4) is 0 Å². The van der Waals surface area contributed by atoms with Crippen LogP contribution in [0.1, 0.15) is 37.9 Å². The fraction of sp³-hybridized carbons (Fsp3) is 0.529. The molecule has 0 aliphatic carbocycles. The first-order valence-corrected chi connectivity index (χ1v) is 7.68. The summed E-state index contributed by atoms with van der Waals surface area (Å²) in [5, 5.41) is 5.99. The molecule has 22 heavy (non-hydrogen) atoms. The lowest BCUT2D eigenvalue weighted by atomic mass is 9.81. The Kier molecular flexibility index (Phi) is 4.86. The molecule has 5 nitrogen and oxygen atoms in total. The van der Waals surface area contributed by atoms with Gasteiger partial charge in [-0.1, -0.05) is 45.0 Å². The maximum absolute atomic E-state index is 12.2. The van der Waals surface area contributed by atoms with Gasteiger partial charge in [0.15, 0.2) is 0 Å². The van der Waals surface area contributed by atoms with E-state index in [0.717, 1.165) is 0 Å². The lowest BCUT2D eigenvalue weighted by Gasteiger charge is -2.33. The normalized spacial score (nSPS) is 16.5. The Morgan fingerprint density at radius 1 is 1.36 bits per heavy atom. The van der Waals surface area contributed by atoms with Gasteiger partial charge in [0, 0.05) is 19.1 Å². The van der Waals surface area contributed by atoms with Crippen LogP contribution in [0.2, 0.25) is 0 Å². The molecule has 1 aliphatic rings.